The second-order valence-electron chi connectivity index (χ2n) is 7.22. The maximum Gasteiger partial charge on any atom is 0.0596 e. The van der Waals surface area contributed by atoms with Gasteiger partial charge >= 0.3 is 0 Å². The van der Waals surface area contributed by atoms with E-state index in [2.05, 4.69) is 58.0 Å². The maximum absolute atomic E-state index is 4.45. The Kier molecular flexibility index (Phi) is 5.60. The summed E-state index contributed by atoms with van der Waals surface area (Å²) >= 11 is 0. The molecule has 1 aromatic heterocycles. The molecule has 3 heteroatoms. The predicted octanol–water partition coefficient (Wildman–Crippen LogP) is 3.18. The normalized spacial score (nSPS) is 14.1. The van der Waals surface area contributed by atoms with Crippen LogP contribution in [0.15, 0.2) is 6.07 Å². The number of nitrogens with zero attached hydrogens (tertiary/aromatic N) is 2. The van der Waals surface area contributed by atoms with Crippen molar-refractivity contribution in [3.63, 3.8) is 0 Å². The molecule has 0 spiro atoms. The van der Waals surface area contributed by atoms with E-state index in [9.17, 15) is 0 Å². The van der Waals surface area contributed by atoms with Crippen molar-refractivity contribution in [3.05, 3.63) is 17.5 Å². The highest BCUT2D eigenvalue weighted by Crippen LogP contribution is 2.28. The van der Waals surface area contributed by atoms with Crippen LogP contribution in [0.4, 0.5) is 0 Å². The van der Waals surface area contributed by atoms with Crippen LogP contribution in [-0.2, 0) is 13.5 Å². The molecule has 0 saturated carbocycles. The fourth-order valence-electron chi connectivity index (χ4n) is 2.34. The molecule has 0 aliphatic rings. The van der Waals surface area contributed by atoms with E-state index in [1.807, 2.05) is 11.7 Å². The van der Waals surface area contributed by atoms with E-state index < -0.39 is 0 Å². The van der Waals surface area contributed by atoms with Crippen molar-refractivity contribution in [1.82, 2.24) is 15.1 Å². The van der Waals surface area contributed by atoms with Crippen LogP contribution in [0.25, 0.3) is 0 Å². The van der Waals surface area contributed by atoms with E-state index in [1.54, 1.807) is 0 Å². The van der Waals surface area contributed by atoms with Crippen molar-refractivity contribution < 1.29 is 0 Å². The quantitative estimate of drug-likeness (QED) is 0.856. The fourth-order valence-corrected chi connectivity index (χ4v) is 2.34. The Morgan fingerprint density at radius 2 is 1.89 bits per heavy atom. The first-order chi connectivity index (χ1) is 8.70. The molecule has 1 N–H and O–H groups in total. The highest BCUT2D eigenvalue weighted by molar-refractivity contribution is 5.10. The lowest BCUT2D eigenvalue weighted by molar-refractivity contribution is 0.225. The van der Waals surface area contributed by atoms with Crippen molar-refractivity contribution in [2.45, 2.75) is 48.0 Å². The van der Waals surface area contributed by atoms with Crippen molar-refractivity contribution in [3.8, 4) is 0 Å². The predicted molar refractivity (Wildman–Crippen MR) is 82.3 cm³/mol. The minimum atomic E-state index is 0.308. The van der Waals surface area contributed by atoms with Gasteiger partial charge in [-0.2, -0.15) is 5.10 Å². The SMILES string of the molecule is Cc1cc(CC(CNCC(C)C)C(C)(C)C)n(C)n1. The van der Waals surface area contributed by atoms with Crippen molar-refractivity contribution in [1.29, 1.82) is 0 Å². The first-order valence-corrected chi connectivity index (χ1v) is 7.40. The largest absolute Gasteiger partial charge is 0.316 e. The summed E-state index contributed by atoms with van der Waals surface area (Å²) in [6.07, 6.45) is 1.09. The molecule has 3 nitrogen and oxygen atoms in total. The van der Waals surface area contributed by atoms with Gasteiger partial charge in [0.1, 0.15) is 0 Å². The van der Waals surface area contributed by atoms with E-state index >= 15 is 0 Å². The molecule has 0 aliphatic carbocycles. The van der Waals surface area contributed by atoms with Gasteiger partial charge < -0.3 is 5.32 Å². The lowest BCUT2D eigenvalue weighted by Gasteiger charge is -2.31. The molecule has 1 unspecified atom stereocenters. The second-order valence-corrected chi connectivity index (χ2v) is 7.22. The Balaban J connectivity index is 2.67. The Morgan fingerprint density at radius 3 is 2.32 bits per heavy atom. The topological polar surface area (TPSA) is 29.9 Å². The van der Waals surface area contributed by atoms with Gasteiger partial charge in [0, 0.05) is 12.7 Å². The molecular weight excluding hydrogens is 234 g/mol. The van der Waals surface area contributed by atoms with Crippen LogP contribution in [0.3, 0.4) is 0 Å². The van der Waals surface area contributed by atoms with Crippen LogP contribution in [0, 0.1) is 24.2 Å². The van der Waals surface area contributed by atoms with Gasteiger partial charge in [0.25, 0.3) is 0 Å². The average molecular weight is 265 g/mol. The molecular formula is C16H31N3. The maximum atomic E-state index is 4.45. The van der Waals surface area contributed by atoms with Gasteiger partial charge in [0.2, 0.25) is 0 Å². The first kappa shape index (κ1) is 16.2. The number of nitrogens with one attached hydrogen (secondary N) is 1. The van der Waals surface area contributed by atoms with Crippen LogP contribution in [-0.4, -0.2) is 22.9 Å². The van der Waals surface area contributed by atoms with Gasteiger partial charge in [-0.1, -0.05) is 34.6 Å². The molecule has 0 bridgehead atoms. The third kappa shape index (κ3) is 5.35. The standard InChI is InChI=1S/C16H31N3/c1-12(2)10-17-11-14(16(4,5)6)9-15-8-13(3)18-19(15)7/h8,12,14,17H,9-11H2,1-7H3. The molecule has 1 heterocycles. The summed E-state index contributed by atoms with van der Waals surface area (Å²) in [6.45, 7) is 15.7. The number of hydrogen-bond acceptors (Lipinski definition) is 2. The van der Waals surface area contributed by atoms with Crippen LogP contribution < -0.4 is 5.32 Å². The van der Waals surface area contributed by atoms with Crippen LogP contribution in [0.5, 0.6) is 0 Å². The Labute approximate surface area is 118 Å². The van der Waals surface area contributed by atoms with Gasteiger partial charge in [0.15, 0.2) is 0 Å². The fraction of sp³-hybridized carbons (Fsp3) is 0.812. The van der Waals surface area contributed by atoms with Crippen LogP contribution >= 0.6 is 0 Å². The summed E-state index contributed by atoms with van der Waals surface area (Å²) in [5.41, 5.74) is 2.76. The van der Waals surface area contributed by atoms with Crippen molar-refractivity contribution in [2.75, 3.05) is 13.1 Å². The zero-order valence-electron chi connectivity index (χ0n) is 13.7. The van der Waals surface area contributed by atoms with Crippen LogP contribution in [0.2, 0.25) is 0 Å². The average Bonchev–Trinajstić information content (AvgIpc) is 2.54. The lowest BCUT2D eigenvalue weighted by Crippen LogP contribution is -2.35. The lowest BCUT2D eigenvalue weighted by atomic mass is 9.78. The molecule has 0 aliphatic heterocycles. The van der Waals surface area contributed by atoms with E-state index in [0.29, 0.717) is 17.3 Å². The first-order valence-electron chi connectivity index (χ1n) is 7.40. The highest BCUT2D eigenvalue weighted by atomic mass is 15.3. The number of hydrogen-bond donors (Lipinski definition) is 1. The highest BCUT2D eigenvalue weighted by Gasteiger charge is 2.25. The summed E-state index contributed by atoms with van der Waals surface area (Å²) in [5, 5.41) is 8.06. The van der Waals surface area contributed by atoms with Crippen molar-refractivity contribution >= 4 is 0 Å². The summed E-state index contributed by atoms with van der Waals surface area (Å²) in [5.74, 6) is 1.33. The monoisotopic (exact) mass is 265 g/mol. The van der Waals surface area contributed by atoms with E-state index in [1.165, 1.54) is 5.69 Å². The van der Waals surface area contributed by atoms with Gasteiger partial charge in [-0.3, -0.25) is 4.68 Å². The summed E-state index contributed by atoms with van der Waals surface area (Å²) in [4.78, 5) is 0. The Morgan fingerprint density at radius 1 is 1.26 bits per heavy atom. The number of aryl methyl sites for hydroxylation is 2. The smallest absolute Gasteiger partial charge is 0.0596 e. The summed E-state index contributed by atoms with van der Waals surface area (Å²) in [7, 11) is 2.05. The van der Waals surface area contributed by atoms with E-state index in [0.717, 1.165) is 25.2 Å². The number of rotatable bonds is 6. The molecule has 19 heavy (non-hydrogen) atoms. The minimum absolute atomic E-state index is 0.308. The third-order valence-corrected chi connectivity index (χ3v) is 3.72. The summed E-state index contributed by atoms with van der Waals surface area (Å²) in [6, 6.07) is 2.21. The van der Waals surface area contributed by atoms with Gasteiger partial charge in [-0.05, 0) is 49.8 Å². The molecule has 0 saturated heterocycles. The molecule has 0 amide bonds. The molecule has 110 valence electrons. The van der Waals surface area contributed by atoms with E-state index in [4.69, 9.17) is 0 Å². The van der Waals surface area contributed by atoms with Crippen LogP contribution in [0.1, 0.15) is 46.0 Å². The van der Waals surface area contributed by atoms with Crippen molar-refractivity contribution in [2.24, 2.45) is 24.3 Å². The molecule has 0 radical (unpaired) electrons. The Hall–Kier alpha value is -0.830. The van der Waals surface area contributed by atoms with E-state index in [-0.39, 0.29) is 0 Å². The summed E-state index contributed by atoms with van der Waals surface area (Å²) < 4.78 is 2.02. The Bertz CT molecular complexity index is 385. The second kappa shape index (κ2) is 6.56. The van der Waals surface area contributed by atoms with Gasteiger partial charge in [-0.25, -0.2) is 0 Å². The molecule has 1 atom stereocenters. The molecule has 0 fully saturated rings. The van der Waals surface area contributed by atoms with Gasteiger partial charge in [0.05, 0.1) is 5.69 Å². The zero-order chi connectivity index (χ0) is 14.6. The zero-order valence-corrected chi connectivity index (χ0v) is 13.7. The number of aromatic nitrogens is 2. The van der Waals surface area contributed by atoms with Gasteiger partial charge in [-0.15, -0.1) is 0 Å². The molecule has 1 aromatic rings. The molecule has 1 rings (SSSR count). The minimum Gasteiger partial charge on any atom is -0.316 e. The molecule has 0 aromatic carbocycles. The third-order valence-electron chi connectivity index (χ3n) is 3.72.